The van der Waals surface area contributed by atoms with Crippen molar-refractivity contribution in [2.45, 2.75) is 17.9 Å². The van der Waals surface area contributed by atoms with Crippen LogP contribution in [0.3, 0.4) is 0 Å². The number of rotatable bonds is 8. The van der Waals surface area contributed by atoms with Gasteiger partial charge in [0, 0.05) is 29.0 Å². The summed E-state index contributed by atoms with van der Waals surface area (Å²) < 4.78 is 34.4. The standard InChI is InChI=1S/C23H22F2N2O4S/c1-31-23(29)22-18(4-2-5-19(22)24)15-6-7-16(20(25)12-15)14-26-21-13-17(8-9-27(21)30)32-11-3-10-28/h2,4-9,12-13,28,30H,3,10-11,14H2,1H3. The molecule has 1 aromatic heterocycles. The van der Waals surface area contributed by atoms with E-state index >= 15 is 0 Å². The number of aliphatic hydroxyl groups is 1. The molecule has 0 saturated carbocycles. The summed E-state index contributed by atoms with van der Waals surface area (Å²) in [7, 11) is 1.15. The Hall–Kier alpha value is -3.17. The lowest BCUT2D eigenvalue weighted by Gasteiger charge is -2.10. The van der Waals surface area contributed by atoms with Crippen molar-refractivity contribution in [3.05, 3.63) is 83.0 Å². The van der Waals surface area contributed by atoms with Crippen LogP contribution in [0.4, 0.5) is 8.78 Å². The Labute approximate surface area is 187 Å². The fourth-order valence-corrected chi connectivity index (χ4v) is 3.86. The highest BCUT2D eigenvalue weighted by Gasteiger charge is 2.19. The Morgan fingerprint density at radius 1 is 1.16 bits per heavy atom. The number of nitrogens with zero attached hydrogens (tertiary/aromatic N) is 2. The van der Waals surface area contributed by atoms with Crippen LogP contribution >= 0.6 is 11.8 Å². The minimum Gasteiger partial charge on any atom is -0.465 e. The zero-order valence-corrected chi connectivity index (χ0v) is 18.1. The van der Waals surface area contributed by atoms with Crippen LogP contribution in [0, 0.1) is 11.6 Å². The highest BCUT2D eigenvalue weighted by atomic mass is 32.2. The third kappa shape index (κ3) is 5.54. The fourth-order valence-electron chi connectivity index (χ4n) is 3.01. The second-order valence-electron chi connectivity index (χ2n) is 6.77. The second kappa shape index (κ2) is 10.9. The van der Waals surface area contributed by atoms with Gasteiger partial charge in [-0.15, -0.1) is 11.8 Å². The minimum atomic E-state index is -0.846. The van der Waals surface area contributed by atoms with Crippen LogP contribution in [-0.2, 0) is 11.3 Å². The molecule has 2 aromatic carbocycles. The molecule has 0 saturated heterocycles. The first kappa shape index (κ1) is 23.5. The van der Waals surface area contributed by atoms with Gasteiger partial charge in [-0.05, 0) is 41.8 Å². The monoisotopic (exact) mass is 460 g/mol. The minimum absolute atomic E-state index is 0.0373. The molecule has 2 N–H and O–H groups in total. The molecule has 32 heavy (non-hydrogen) atoms. The second-order valence-corrected chi connectivity index (χ2v) is 7.94. The van der Waals surface area contributed by atoms with Crippen LogP contribution in [-0.4, -0.2) is 40.5 Å². The van der Waals surface area contributed by atoms with Gasteiger partial charge < -0.3 is 15.1 Å². The molecule has 0 bridgehead atoms. The molecule has 9 heteroatoms. The Kier molecular flexibility index (Phi) is 8.02. The zero-order valence-electron chi connectivity index (χ0n) is 17.3. The van der Waals surface area contributed by atoms with Crippen LogP contribution in [0.15, 0.2) is 64.6 Å². The lowest BCUT2D eigenvalue weighted by molar-refractivity contribution is 0.0596. The molecule has 168 valence electrons. The maximum Gasteiger partial charge on any atom is 0.341 e. The summed E-state index contributed by atoms with van der Waals surface area (Å²) in [6, 6.07) is 11.8. The number of hydrogen-bond donors (Lipinski definition) is 2. The summed E-state index contributed by atoms with van der Waals surface area (Å²) in [4.78, 5) is 17.1. The predicted molar refractivity (Wildman–Crippen MR) is 116 cm³/mol. The topological polar surface area (TPSA) is 84.0 Å². The molecule has 0 unspecified atom stereocenters. The molecule has 0 fully saturated rings. The number of benzene rings is 2. The summed E-state index contributed by atoms with van der Waals surface area (Å²) in [5.74, 6) is -1.46. The van der Waals surface area contributed by atoms with E-state index in [-0.39, 0.29) is 35.3 Å². The molecule has 6 nitrogen and oxygen atoms in total. The number of aromatic nitrogens is 1. The van der Waals surface area contributed by atoms with Gasteiger partial charge in [0.25, 0.3) is 0 Å². The van der Waals surface area contributed by atoms with Gasteiger partial charge in [-0.25, -0.2) is 13.6 Å². The van der Waals surface area contributed by atoms with Crippen molar-refractivity contribution < 1.29 is 28.6 Å². The zero-order chi connectivity index (χ0) is 23.1. The van der Waals surface area contributed by atoms with E-state index < -0.39 is 17.6 Å². The van der Waals surface area contributed by atoms with Crippen molar-refractivity contribution in [3.63, 3.8) is 0 Å². The number of carbonyl (C=O) groups excluding carboxylic acids is 1. The van der Waals surface area contributed by atoms with Crippen molar-refractivity contribution in [2.24, 2.45) is 4.99 Å². The van der Waals surface area contributed by atoms with Crippen LogP contribution in [0.1, 0.15) is 22.3 Å². The lowest BCUT2D eigenvalue weighted by Crippen LogP contribution is -2.18. The first-order valence-electron chi connectivity index (χ1n) is 9.76. The summed E-state index contributed by atoms with van der Waals surface area (Å²) in [5, 5.41) is 18.9. The molecule has 0 radical (unpaired) electrons. The van der Waals surface area contributed by atoms with E-state index in [1.807, 2.05) is 0 Å². The van der Waals surface area contributed by atoms with Gasteiger partial charge in [-0.3, -0.25) is 4.99 Å². The van der Waals surface area contributed by atoms with Crippen molar-refractivity contribution in [2.75, 3.05) is 19.5 Å². The van der Waals surface area contributed by atoms with Gasteiger partial charge in [0.15, 0.2) is 5.49 Å². The Balaban J connectivity index is 1.87. The van der Waals surface area contributed by atoms with Crippen LogP contribution in [0.25, 0.3) is 11.1 Å². The number of ether oxygens (including phenoxy) is 1. The van der Waals surface area contributed by atoms with Crippen molar-refractivity contribution in [3.8, 4) is 11.1 Å². The summed E-state index contributed by atoms with van der Waals surface area (Å²) in [6.07, 6.45) is 2.09. The SMILES string of the molecule is COC(=O)c1c(F)cccc1-c1ccc(CN=c2cc(SCCCO)ccn2O)c(F)c1. The number of pyridine rings is 1. The first-order valence-corrected chi connectivity index (χ1v) is 10.7. The largest absolute Gasteiger partial charge is 0.465 e. The first-order chi connectivity index (χ1) is 15.4. The van der Waals surface area contributed by atoms with E-state index in [4.69, 9.17) is 5.11 Å². The van der Waals surface area contributed by atoms with Gasteiger partial charge in [0.2, 0.25) is 0 Å². The molecule has 0 aliphatic rings. The molecule has 3 rings (SSSR count). The normalized spacial score (nSPS) is 11.6. The highest BCUT2D eigenvalue weighted by molar-refractivity contribution is 7.99. The van der Waals surface area contributed by atoms with Crippen LogP contribution in [0.2, 0.25) is 0 Å². The molecule has 0 amide bonds. The number of esters is 1. The van der Waals surface area contributed by atoms with Gasteiger partial charge >= 0.3 is 5.97 Å². The Morgan fingerprint density at radius 2 is 1.97 bits per heavy atom. The smallest absolute Gasteiger partial charge is 0.341 e. The Bertz CT molecular complexity index is 1180. The molecule has 0 aliphatic heterocycles. The van der Waals surface area contributed by atoms with E-state index in [1.54, 1.807) is 18.2 Å². The Morgan fingerprint density at radius 3 is 2.69 bits per heavy atom. The third-order valence-corrected chi connectivity index (χ3v) is 5.72. The number of methoxy groups -OCH3 is 1. The van der Waals surface area contributed by atoms with E-state index in [0.717, 1.165) is 28.6 Å². The van der Waals surface area contributed by atoms with Crippen molar-refractivity contribution >= 4 is 17.7 Å². The van der Waals surface area contributed by atoms with Crippen molar-refractivity contribution in [1.29, 1.82) is 0 Å². The summed E-state index contributed by atoms with van der Waals surface area (Å²) in [5.41, 5.74) is 0.804. The van der Waals surface area contributed by atoms with Gasteiger partial charge in [0.1, 0.15) is 17.2 Å². The van der Waals surface area contributed by atoms with E-state index in [0.29, 0.717) is 12.0 Å². The number of hydrogen-bond acceptors (Lipinski definition) is 6. The molecule has 1 heterocycles. The number of halogens is 2. The van der Waals surface area contributed by atoms with Crippen LogP contribution in [0.5, 0.6) is 0 Å². The molecule has 0 aliphatic carbocycles. The van der Waals surface area contributed by atoms with Crippen molar-refractivity contribution in [1.82, 2.24) is 4.73 Å². The van der Waals surface area contributed by atoms with E-state index in [1.165, 1.54) is 42.2 Å². The third-order valence-electron chi connectivity index (χ3n) is 4.64. The fraction of sp³-hybridized carbons (Fsp3) is 0.217. The quantitative estimate of drug-likeness (QED) is 0.230. The lowest BCUT2D eigenvalue weighted by atomic mass is 9.98. The maximum absolute atomic E-state index is 14.8. The average Bonchev–Trinajstić information content (AvgIpc) is 2.79. The van der Waals surface area contributed by atoms with Crippen LogP contribution < -0.4 is 5.49 Å². The molecule has 0 atom stereocenters. The highest BCUT2D eigenvalue weighted by Crippen LogP contribution is 2.28. The molecule has 0 spiro atoms. The number of carbonyl (C=O) groups is 1. The summed E-state index contributed by atoms with van der Waals surface area (Å²) >= 11 is 1.51. The molecule has 3 aromatic rings. The molecular weight excluding hydrogens is 438 g/mol. The average molecular weight is 461 g/mol. The van der Waals surface area contributed by atoms with E-state index in [9.17, 15) is 18.8 Å². The predicted octanol–water partition coefficient (Wildman–Crippen LogP) is 4.03. The molecular formula is C23H22F2N2O4S. The van der Waals surface area contributed by atoms with E-state index in [2.05, 4.69) is 9.73 Å². The number of aliphatic hydroxyl groups excluding tert-OH is 1. The summed E-state index contributed by atoms with van der Waals surface area (Å²) in [6.45, 7) is 0.0630. The van der Waals surface area contributed by atoms with Gasteiger partial charge in [0.05, 0.1) is 13.7 Å². The van der Waals surface area contributed by atoms with Gasteiger partial charge in [-0.1, -0.05) is 24.3 Å². The number of thioether (sulfide) groups is 1. The van der Waals surface area contributed by atoms with Gasteiger partial charge in [-0.2, -0.15) is 4.73 Å². The maximum atomic E-state index is 14.8.